The third-order valence-corrected chi connectivity index (χ3v) is 3.12. The fraction of sp³-hybridized carbons (Fsp3) is 0.533. The first-order chi connectivity index (χ1) is 9.74. The molecule has 0 aliphatic carbocycles. The van der Waals surface area contributed by atoms with Crippen LogP contribution in [0.2, 0.25) is 0 Å². The zero-order valence-electron chi connectivity index (χ0n) is 12.4. The van der Waals surface area contributed by atoms with Gasteiger partial charge in [0.05, 0.1) is 12.7 Å². The molecule has 1 saturated heterocycles. The number of aryl methyl sites for hydroxylation is 1. The molecule has 0 bridgehead atoms. The minimum Gasteiger partial charge on any atom is -0.379 e. The minimum absolute atomic E-state index is 0. The fourth-order valence-corrected chi connectivity index (χ4v) is 2.07. The number of nitrogens with two attached hydrogens (primary N) is 1. The smallest absolute Gasteiger partial charge is 0.193 e. The van der Waals surface area contributed by atoms with Crippen LogP contribution < -0.4 is 11.1 Å². The highest BCUT2D eigenvalue weighted by atomic mass is 127. The normalized spacial score (nSPS) is 18.3. The first-order valence-electron chi connectivity index (χ1n) is 7.07. The van der Waals surface area contributed by atoms with Gasteiger partial charge in [-0.15, -0.1) is 24.0 Å². The van der Waals surface area contributed by atoms with E-state index in [4.69, 9.17) is 15.2 Å². The van der Waals surface area contributed by atoms with Crippen molar-refractivity contribution in [2.75, 3.05) is 31.7 Å². The zero-order valence-corrected chi connectivity index (χ0v) is 14.7. The molecule has 1 aromatic rings. The Bertz CT molecular complexity index is 448. The van der Waals surface area contributed by atoms with E-state index in [0.29, 0.717) is 19.1 Å². The number of benzene rings is 1. The maximum atomic E-state index is 5.84. The van der Waals surface area contributed by atoms with Gasteiger partial charge in [0, 0.05) is 25.4 Å². The molecule has 0 amide bonds. The van der Waals surface area contributed by atoms with Crippen LogP contribution in [0.5, 0.6) is 0 Å². The lowest BCUT2D eigenvalue weighted by atomic mass is 10.2. The van der Waals surface area contributed by atoms with E-state index in [1.807, 2.05) is 31.2 Å². The van der Waals surface area contributed by atoms with E-state index >= 15 is 0 Å². The summed E-state index contributed by atoms with van der Waals surface area (Å²) in [5.41, 5.74) is 7.99. The van der Waals surface area contributed by atoms with Crippen molar-refractivity contribution < 1.29 is 9.47 Å². The molecule has 1 aromatic carbocycles. The first kappa shape index (κ1) is 18.2. The number of rotatable bonds is 6. The molecule has 3 N–H and O–H groups in total. The SMILES string of the molecule is Cc1cccc(NC(N)=NCCCOC2CCOC2)c1.I. The summed E-state index contributed by atoms with van der Waals surface area (Å²) in [5.74, 6) is 0.444. The quantitative estimate of drug-likeness (QED) is 0.330. The Morgan fingerprint density at radius 1 is 1.52 bits per heavy atom. The molecule has 1 atom stereocenters. The van der Waals surface area contributed by atoms with Crippen molar-refractivity contribution in [3.05, 3.63) is 29.8 Å². The molecule has 1 aliphatic rings. The van der Waals surface area contributed by atoms with Gasteiger partial charge in [-0.05, 0) is 37.5 Å². The van der Waals surface area contributed by atoms with Gasteiger partial charge < -0.3 is 20.5 Å². The number of ether oxygens (including phenoxy) is 2. The largest absolute Gasteiger partial charge is 0.379 e. The van der Waals surface area contributed by atoms with Gasteiger partial charge in [0.15, 0.2) is 5.96 Å². The molecule has 1 unspecified atom stereocenters. The highest BCUT2D eigenvalue weighted by molar-refractivity contribution is 14.0. The Hall–Kier alpha value is -0.860. The van der Waals surface area contributed by atoms with Crippen molar-refractivity contribution in [3.63, 3.8) is 0 Å². The van der Waals surface area contributed by atoms with Gasteiger partial charge in [0.2, 0.25) is 0 Å². The van der Waals surface area contributed by atoms with E-state index in [1.54, 1.807) is 0 Å². The maximum Gasteiger partial charge on any atom is 0.193 e. The van der Waals surface area contributed by atoms with Crippen molar-refractivity contribution in [1.82, 2.24) is 0 Å². The van der Waals surface area contributed by atoms with Gasteiger partial charge in [-0.2, -0.15) is 0 Å². The predicted octanol–water partition coefficient (Wildman–Crippen LogP) is 2.54. The molecular formula is C15H24IN3O2. The van der Waals surface area contributed by atoms with Crippen LogP contribution >= 0.6 is 24.0 Å². The number of halogens is 1. The molecular weight excluding hydrogens is 381 g/mol. The van der Waals surface area contributed by atoms with Crippen LogP contribution in [-0.2, 0) is 9.47 Å². The van der Waals surface area contributed by atoms with Gasteiger partial charge in [0.25, 0.3) is 0 Å². The second-order valence-electron chi connectivity index (χ2n) is 4.97. The zero-order chi connectivity index (χ0) is 14.2. The number of hydrogen-bond donors (Lipinski definition) is 2. The topological polar surface area (TPSA) is 68.9 Å². The average Bonchev–Trinajstić information content (AvgIpc) is 2.91. The number of aliphatic imine (C=N–C) groups is 1. The molecule has 0 radical (unpaired) electrons. The van der Waals surface area contributed by atoms with Crippen LogP contribution in [0.25, 0.3) is 0 Å². The van der Waals surface area contributed by atoms with E-state index in [1.165, 1.54) is 5.56 Å². The summed E-state index contributed by atoms with van der Waals surface area (Å²) in [6.07, 6.45) is 2.13. The van der Waals surface area contributed by atoms with Crippen molar-refractivity contribution >= 4 is 35.6 Å². The van der Waals surface area contributed by atoms with E-state index in [-0.39, 0.29) is 30.1 Å². The molecule has 6 heteroatoms. The molecule has 2 rings (SSSR count). The molecule has 5 nitrogen and oxygen atoms in total. The van der Waals surface area contributed by atoms with Gasteiger partial charge in [0.1, 0.15) is 0 Å². The van der Waals surface area contributed by atoms with E-state index in [9.17, 15) is 0 Å². The van der Waals surface area contributed by atoms with E-state index < -0.39 is 0 Å². The lowest BCUT2D eigenvalue weighted by Gasteiger charge is -2.09. The summed E-state index contributed by atoms with van der Waals surface area (Å²) in [7, 11) is 0. The second kappa shape index (κ2) is 9.97. The van der Waals surface area contributed by atoms with Gasteiger partial charge in [-0.25, -0.2) is 0 Å². The Balaban J connectivity index is 0.00000220. The summed E-state index contributed by atoms with van der Waals surface area (Å²) in [6.45, 7) is 4.95. The fourth-order valence-electron chi connectivity index (χ4n) is 2.07. The lowest BCUT2D eigenvalue weighted by Crippen LogP contribution is -2.23. The van der Waals surface area contributed by atoms with Crippen LogP contribution in [0.4, 0.5) is 5.69 Å². The Labute approximate surface area is 143 Å². The third-order valence-electron chi connectivity index (χ3n) is 3.12. The Morgan fingerprint density at radius 2 is 2.38 bits per heavy atom. The van der Waals surface area contributed by atoms with Crippen molar-refractivity contribution in [3.8, 4) is 0 Å². The van der Waals surface area contributed by atoms with Crippen LogP contribution in [0, 0.1) is 6.92 Å². The molecule has 21 heavy (non-hydrogen) atoms. The van der Waals surface area contributed by atoms with E-state index in [0.717, 1.165) is 31.7 Å². The number of nitrogens with zero attached hydrogens (tertiary/aromatic N) is 1. The molecule has 1 heterocycles. The third kappa shape index (κ3) is 7.10. The summed E-state index contributed by atoms with van der Waals surface area (Å²) < 4.78 is 10.9. The summed E-state index contributed by atoms with van der Waals surface area (Å²) in [5, 5.41) is 3.08. The standard InChI is InChI=1S/C15H23N3O2.HI/c1-12-4-2-5-13(10-12)18-15(16)17-7-3-8-20-14-6-9-19-11-14;/h2,4-5,10,14H,3,6-9,11H2,1H3,(H3,16,17,18);1H. The molecule has 0 spiro atoms. The van der Waals surface area contributed by atoms with Crippen LogP contribution in [0.1, 0.15) is 18.4 Å². The van der Waals surface area contributed by atoms with Crippen LogP contribution in [-0.4, -0.2) is 38.4 Å². The average molecular weight is 405 g/mol. The van der Waals surface area contributed by atoms with Crippen molar-refractivity contribution in [1.29, 1.82) is 0 Å². The summed E-state index contributed by atoms with van der Waals surface area (Å²) in [6, 6.07) is 8.04. The maximum absolute atomic E-state index is 5.84. The van der Waals surface area contributed by atoms with Gasteiger partial charge in [-0.3, -0.25) is 4.99 Å². The molecule has 0 saturated carbocycles. The summed E-state index contributed by atoms with van der Waals surface area (Å²) >= 11 is 0. The van der Waals surface area contributed by atoms with Crippen LogP contribution in [0.3, 0.4) is 0 Å². The molecule has 0 aromatic heterocycles. The first-order valence-corrected chi connectivity index (χ1v) is 7.07. The molecule has 1 aliphatic heterocycles. The molecule has 118 valence electrons. The number of anilines is 1. The number of nitrogens with one attached hydrogen (secondary N) is 1. The minimum atomic E-state index is 0. The highest BCUT2D eigenvalue weighted by Gasteiger charge is 2.15. The Kier molecular flexibility index (Phi) is 8.63. The summed E-state index contributed by atoms with van der Waals surface area (Å²) in [4.78, 5) is 4.29. The van der Waals surface area contributed by atoms with Gasteiger partial charge in [-0.1, -0.05) is 12.1 Å². The lowest BCUT2D eigenvalue weighted by molar-refractivity contribution is 0.0424. The monoisotopic (exact) mass is 405 g/mol. The van der Waals surface area contributed by atoms with Crippen LogP contribution in [0.15, 0.2) is 29.3 Å². The van der Waals surface area contributed by atoms with Gasteiger partial charge >= 0.3 is 0 Å². The van der Waals surface area contributed by atoms with Crippen molar-refractivity contribution in [2.24, 2.45) is 10.7 Å². The van der Waals surface area contributed by atoms with E-state index in [2.05, 4.69) is 10.3 Å². The number of hydrogen-bond acceptors (Lipinski definition) is 3. The Morgan fingerprint density at radius 3 is 3.10 bits per heavy atom. The highest BCUT2D eigenvalue weighted by Crippen LogP contribution is 2.09. The van der Waals surface area contributed by atoms with Crippen molar-refractivity contribution in [2.45, 2.75) is 25.9 Å². The second-order valence-corrected chi connectivity index (χ2v) is 4.97. The predicted molar refractivity (Wildman–Crippen MR) is 96.5 cm³/mol. The number of guanidine groups is 1. The molecule has 1 fully saturated rings.